The molecule has 4 rings (SSSR count). The summed E-state index contributed by atoms with van der Waals surface area (Å²) in [6.07, 6.45) is 1.18. The van der Waals surface area contributed by atoms with Crippen LogP contribution < -0.4 is 10.2 Å². The molecule has 0 aromatic heterocycles. The summed E-state index contributed by atoms with van der Waals surface area (Å²) in [6, 6.07) is 18.2. The van der Waals surface area contributed by atoms with Crippen LogP contribution in [-0.4, -0.2) is 19.9 Å². The molecule has 2 aromatic carbocycles. The minimum Gasteiger partial charge on any atom is -0.378 e. The van der Waals surface area contributed by atoms with E-state index in [1.54, 1.807) is 0 Å². The number of benzene rings is 2. The number of halogens is 1. The number of hydrogen-bond donors (Lipinski definition) is 1. The topological polar surface area (TPSA) is 56.1 Å². The summed E-state index contributed by atoms with van der Waals surface area (Å²) >= 11 is 6.03. The molecule has 0 saturated heterocycles. The van der Waals surface area contributed by atoms with E-state index in [-0.39, 0.29) is 17.6 Å². The van der Waals surface area contributed by atoms with Gasteiger partial charge in [0.15, 0.2) is 5.78 Å². The minimum atomic E-state index is -0.318. The summed E-state index contributed by atoms with van der Waals surface area (Å²) in [4.78, 5) is 15.4. The average molecular weight is 418 g/mol. The quantitative estimate of drug-likeness (QED) is 0.737. The van der Waals surface area contributed by atoms with E-state index in [4.69, 9.17) is 11.6 Å². The van der Waals surface area contributed by atoms with E-state index in [9.17, 15) is 10.1 Å². The van der Waals surface area contributed by atoms with Crippen molar-refractivity contribution in [1.82, 2.24) is 5.32 Å². The van der Waals surface area contributed by atoms with Crippen LogP contribution in [0.25, 0.3) is 0 Å². The van der Waals surface area contributed by atoms with Crippen LogP contribution in [0.3, 0.4) is 0 Å². The maximum Gasteiger partial charge on any atom is 0.162 e. The lowest BCUT2D eigenvalue weighted by atomic mass is 9.72. The first-order valence-electron chi connectivity index (χ1n) is 10.1. The SMILES string of the molecule is CC1=C(C#N)[C@H](c2ccc(N(C)C)cc2)C2=C(C[C@@H](c3ccc(Cl)cc3)CC2=O)N1. The van der Waals surface area contributed by atoms with Crippen LogP contribution in [-0.2, 0) is 4.79 Å². The number of hydrogen-bond acceptors (Lipinski definition) is 4. The van der Waals surface area contributed by atoms with E-state index in [1.807, 2.05) is 74.4 Å². The van der Waals surface area contributed by atoms with Crippen LogP contribution in [0, 0.1) is 11.3 Å². The van der Waals surface area contributed by atoms with E-state index in [0.29, 0.717) is 17.0 Å². The van der Waals surface area contributed by atoms with Gasteiger partial charge < -0.3 is 10.2 Å². The number of ketones is 1. The highest BCUT2D eigenvalue weighted by molar-refractivity contribution is 6.30. The summed E-state index contributed by atoms with van der Waals surface area (Å²) in [6.45, 7) is 1.92. The fourth-order valence-electron chi connectivity index (χ4n) is 4.46. The van der Waals surface area contributed by atoms with Crippen molar-refractivity contribution in [3.8, 4) is 6.07 Å². The molecule has 5 heteroatoms. The van der Waals surface area contributed by atoms with Gasteiger partial charge in [0.1, 0.15) is 0 Å². The lowest BCUT2D eigenvalue weighted by Crippen LogP contribution is -2.33. The van der Waals surface area contributed by atoms with Crippen LogP contribution in [0.5, 0.6) is 0 Å². The molecule has 2 aromatic rings. The Labute approximate surface area is 182 Å². The van der Waals surface area contributed by atoms with Crippen LogP contribution in [0.4, 0.5) is 5.69 Å². The number of nitrogens with zero attached hydrogens (tertiary/aromatic N) is 2. The molecule has 30 heavy (non-hydrogen) atoms. The number of allylic oxidation sites excluding steroid dienone is 4. The number of nitriles is 1. The molecule has 0 radical (unpaired) electrons. The molecule has 1 N–H and O–H groups in total. The second-order valence-corrected chi connectivity index (χ2v) is 8.60. The standard InChI is InChI=1S/C25H24ClN3O/c1-15-21(14-27)24(17-6-10-20(11-7-17)29(2)3)25-22(28-15)12-18(13-23(25)30)16-4-8-19(26)9-5-16/h4-11,18,24,28H,12-13H2,1-3H3/t18-,24+/m1/s1. The van der Waals surface area contributed by atoms with Crippen LogP contribution in [0.2, 0.25) is 5.02 Å². The highest BCUT2D eigenvalue weighted by Gasteiger charge is 2.38. The highest BCUT2D eigenvalue weighted by atomic mass is 35.5. The second-order valence-electron chi connectivity index (χ2n) is 8.17. The van der Waals surface area contributed by atoms with Crippen molar-refractivity contribution in [1.29, 1.82) is 5.26 Å². The van der Waals surface area contributed by atoms with Crippen molar-refractivity contribution in [2.24, 2.45) is 0 Å². The molecule has 2 atom stereocenters. The largest absolute Gasteiger partial charge is 0.378 e. The molecule has 2 aliphatic rings. The first kappa shape index (κ1) is 20.3. The predicted molar refractivity (Wildman–Crippen MR) is 120 cm³/mol. The fraction of sp³-hybridized carbons (Fsp3) is 0.280. The molecule has 0 saturated carbocycles. The molecular weight excluding hydrogens is 394 g/mol. The van der Waals surface area contributed by atoms with Crippen LogP contribution in [0.15, 0.2) is 71.1 Å². The van der Waals surface area contributed by atoms with E-state index in [0.717, 1.165) is 40.2 Å². The molecule has 0 fully saturated rings. The van der Waals surface area contributed by atoms with Crippen LogP contribution in [0.1, 0.15) is 42.7 Å². The molecule has 0 amide bonds. The Hall–Kier alpha value is -3.03. The van der Waals surface area contributed by atoms with Gasteiger partial charge in [-0.25, -0.2) is 0 Å². The first-order chi connectivity index (χ1) is 14.4. The molecule has 1 aliphatic heterocycles. The minimum absolute atomic E-state index is 0.102. The van der Waals surface area contributed by atoms with Gasteiger partial charge >= 0.3 is 0 Å². The monoisotopic (exact) mass is 417 g/mol. The Morgan fingerprint density at radius 3 is 2.27 bits per heavy atom. The van der Waals surface area contributed by atoms with E-state index in [1.165, 1.54) is 0 Å². The predicted octanol–water partition coefficient (Wildman–Crippen LogP) is 5.29. The van der Waals surface area contributed by atoms with Gasteiger partial charge in [0.2, 0.25) is 0 Å². The summed E-state index contributed by atoms with van der Waals surface area (Å²) in [5.41, 5.74) is 6.28. The van der Waals surface area contributed by atoms with Gasteiger partial charge in [-0.3, -0.25) is 4.79 Å². The summed E-state index contributed by atoms with van der Waals surface area (Å²) < 4.78 is 0. The van der Waals surface area contributed by atoms with E-state index in [2.05, 4.69) is 11.4 Å². The van der Waals surface area contributed by atoms with Crippen molar-refractivity contribution in [3.05, 3.63) is 87.2 Å². The van der Waals surface area contributed by atoms with Gasteiger partial charge in [-0.1, -0.05) is 35.9 Å². The van der Waals surface area contributed by atoms with Crippen molar-refractivity contribution in [2.45, 2.75) is 31.6 Å². The molecule has 4 nitrogen and oxygen atoms in total. The van der Waals surface area contributed by atoms with Gasteiger partial charge in [0, 0.05) is 48.2 Å². The van der Waals surface area contributed by atoms with Gasteiger partial charge in [0.25, 0.3) is 0 Å². The Kier molecular flexibility index (Phi) is 5.40. The molecule has 1 aliphatic carbocycles. The second kappa shape index (κ2) is 8.01. The van der Waals surface area contributed by atoms with Crippen molar-refractivity contribution < 1.29 is 4.79 Å². The summed E-state index contributed by atoms with van der Waals surface area (Å²) in [5, 5.41) is 13.9. The van der Waals surface area contributed by atoms with Gasteiger partial charge in [-0.05, 0) is 54.7 Å². The van der Waals surface area contributed by atoms with Crippen molar-refractivity contribution >= 4 is 23.1 Å². The smallest absolute Gasteiger partial charge is 0.162 e. The van der Waals surface area contributed by atoms with Crippen LogP contribution >= 0.6 is 11.6 Å². The van der Waals surface area contributed by atoms with E-state index >= 15 is 0 Å². The zero-order chi connectivity index (χ0) is 21.4. The molecule has 0 unspecified atom stereocenters. The normalized spacial score (nSPS) is 21.1. The third kappa shape index (κ3) is 3.62. The first-order valence-corrected chi connectivity index (χ1v) is 10.4. The third-order valence-electron chi connectivity index (χ3n) is 6.03. The van der Waals surface area contributed by atoms with E-state index < -0.39 is 0 Å². The molecule has 152 valence electrons. The lowest BCUT2D eigenvalue weighted by molar-refractivity contribution is -0.116. The number of nitrogens with one attached hydrogen (secondary N) is 1. The number of carbonyl (C=O) groups is 1. The average Bonchev–Trinajstić information content (AvgIpc) is 2.73. The number of anilines is 1. The fourth-order valence-corrected chi connectivity index (χ4v) is 4.58. The zero-order valence-corrected chi connectivity index (χ0v) is 18.1. The van der Waals surface area contributed by atoms with Gasteiger partial charge in [-0.2, -0.15) is 5.26 Å². The number of rotatable bonds is 3. The van der Waals surface area contributed by atoms with Crippen molar-refractivity contribution in [3.63, 3.8) is 0 Å². The maximum absolute atomic E-state index is 13.3. The number of carbonyl (C=O) groups excluding carboxylic acids is 1. The zero-order valence-electron chi connectivity index (χ0n) is 17.4. The van der Waals surface area contributed by atoms with Gasteiger partial charge in [0.05, 0.1) is 17.6 Å². The van der Waals surface area contributed by atoms with Crippen molar-refractivity contribution in [2.75, 3.05) is 19.0 Å². The van der Waals surface area contributed by atoms with Gasteiger partial charge in [-0.15, -0.1) is 0 Å². The molecular formula is C25H24ClN3O. The maximum atomic E-state index is 13.3. The Morgan fingerprint density at radius 1 is 1.03 bits per heavy atom. The highest BCUT2D eigenvalue weighted by Crippen LogP contribution is 2.45. The summed E-state index contributed by atoms with van der Waals surface area (Å²) in [7, 11) is 3.99. The Morgan fingerprint density at radius 2 is 1.67 bits per heavy atom. The Balaban J connectivity index is 1.75. The number of Topliss-reactive ketones (excluding diaryl/α,β-unsaturated/α-hetero) is 1. The molecule has 1 heterocycles. The molecule has 0 bridgehead atoms. The number of dihydropyridines is 1. The third-order valence-corrected chi connectivity index (χ3v) is 6.28. The summed E-state index contributed by atoms with van der Waals surface area (Å²) in [5.74, 6) is -0.110. The lowest BCUT2D eigenvalue weighted by Gasteiger charge is -2.35. The molecule has 0 spiro atoms. The Bertz CT molecular complexity index is 1090.